The van der Waals surface area contributed by atoms with Crippen LogP contribution in [0, 0.1) is 0 Å². The van der Waals surface area contributed by atoms with E-state index in [0.29, 0.717) is 0 Å². The number of pyridine rings is 1. The zero-order valence-electron chi connectivity index (χ0n) is 12.0. The highest BCUT2D eigenvalue weighted by Crippen LogP contribution is 2.28. The van der Waals surface area contributed by atoms with E-state index in [-0.39, 0.29) is 6.17 Å². The molecule has 0 radical (unpaired) electrons. The molecule has 2 aromatic carbocycles. The highest BCUT2D eigenvalue weighted by Gasteiger charge is 2.08. The van der Waals surface area contributed by atoms with Gasteiger partial charge in [0, 0.05) is 17.1 Å². The minimum absolute atomic E-state index is 0.0651. The second-order valence-electron chi connectivity index (χ2n) is 4.88. The fraction of sp³-hybridized carbons (Fsp3) is 0.111. The van der Waals surface area contributed by atoms with Gasteiger partial charge in [-0.25, -0.2) is 0 Å². The Morgan fingerprint density at radius 2 is 1.81 bits per heavy atom. The van der Waals surface area contributed by atoms with E-state index in [1.807, 2.05) is 19.3 Å². The average Bonchev–Trinajstić information content (AvgIpc) is 2.56. The molecule has 0 amide bonds. The third-order valence-corrected chi connectivity index (χ3v) is 3.63. The molecule has 0 fully saturated rings. The van der Waals surface area contributed by atoms with Crippen LogP contribution in [0.5, 0.6) is 0 Å². The Balaban J connectivity index is 2.05. The SMILES string of the molecule is C=NC(NC)c1ccc(-c2cccc3cccnc23)cc1. The summed E-state index contributed by atoms with van der Waals surface area (Å²) in [5, 5.41) is 4.27. The van der Waals surface area contributed by atoms with Gasteiger partial charge in [-0.15, -0.1) is 0 Å². The molecule has 0 bridgehead atoms. The zero-order valence-corrected chi connectivity index (χ0v) is 12.0. The first-order chi connectivity index (χ1) is 10.3. The van der Waals surface area contributed by atoms with E-state index in [1.165, 1.54) is 0 Å². The highest BCUT2D eigenvalue weighted by molar-refractivity contribution is 5.93. The lowest BCUT2D eigenvalue weighted by atomic mass is 10.0. The van der Waals surface area contributed by atoms with Crippen molar-refractivity contribution in [2.45, 2.75) is 6.17 Å². The smallest absolute Gasteiger partial charge is 0.124 e. The summed E-state index contributed by atoms with van der Waals surface area (Å²) in [4.78, 5) is 8.56. The molecule has 1 aromatic heterocycles. The molecule has 3 rings (SSSR count). The van der Waals surface area contributed by atoms with Crippen molar-refractivity contribution in [3.8, 4) is 11.1 Å². The second-order valence-corrected chi connectivity index (χ2v) is 4.88. The standard InChI is InChI=1S/C18H17N3/c1-19-18(20-2)15-10-8-13(9-11-15)16-7-3-5-14-6-4-12-21-17(14)16/h3-12,18,20H,1H2,2H3. The van der Waals surface area contributed by atoms with E-state index in [4.69, 9.17) is 0 Å². The molecule has 3 nitrogen and oxygen atoms in total. The van der Waals surface area contributed by atoms with Crippen molar-refractivity contribution in [3.63, 3.8) is 0 Å². The fourth-order valence-electron chi connectivity index (χ4n) is 2.55. The molecule has 1 atom stereocenters. The topological polar surface area (TPSA) is 37.3 Å². The maximum atomic E-state index is 4.51. The largest absolute Gasteiger partial charge is 0.295 e. The van der Waals surface area contributed by atoms with E-state index >= 15 is 0 Å². The molecule has 0 aliphatic rings. The Morgan fingerprint density at radius 3 is 2.52 bits per heavy atom. The van der Waals surface area contributed by atoms with Gasteiger partial charge in [-0.05, 0) is 31.0 Å². The van der Waals surface area contributed by atoms with E-state index in [1.54, 1.807) is 0 Å². The lowest BCUT2D eigenvalue weighted by Crippen LogP contribution is -2.13. The third kappa shape index (κ3) is 2.56. The van der Waals surface area contributed by atoms with Crippen LogP contribution in [-0.2, 0) is 0 Å². The summed E-state index contributed by atoms with van der Waals surface area (Å²) in [6, 6.07) is 18.7. The highest BCUT2D eigenvalue weighted by atomic mass is 15.0. The second kappa shape index (κ2) is 5.85. The van der Waals surface area contributed by atoms with Gasteiger partial charge in [0.2, 0.25) is 0 Å². The summed E-state index contributed by atoms with van der Waals surface area (Å²) >= 11 is 0. The first-order valence-corrected chi connectivity index (χ1v) is 6.90. The first-order valence-electron chi connectivity index (χ1n) is 6.90. The van der Waals surface area contributed by atoms with Crippen molar-refractivity contribution in [1.29, 1.82) is 0 Å². The number of hydrogen-bond acceptors (Lipinski definition) is 3. The van der Waals surface area contributed by atoms with Gasteiger partial charge < -0.3 is 0 Å². The maximum absolute atomic E-state index is 4.51. The number of benzene rings is 2. The van der Waals surface area contributed by atoms with Crippen molar-refractivity contribution in [3.05, 3.63) is 66.4 Å². The predicted molar refractivity (Wildman–Crippen MR) is 88.5 cm³/mol. The molecule has 1 unspecified atom stereocenters. The normalized spacial score (nSPS) is 12.2. The summed E-state index contributed by atoms with van der Waals surface area (Å²) in [5.74, 6) is 0. The van der Waals surface area contributed by atoms with Gasteiger partial charge in [0.15, 0.2) is 0 Å². The minimum atomic E-state index is -0.0651. The van der Waals surface area contributed by atoms with E-state index < -0.39 is 0 Å². The molecule has 0 aliphatic carbocycles. The number of aromatic nitrogens is 1. The van der Waals surface area contributed by atoms with Crippen molar-refractivity contribution in [2.75, 3.05) is 7.05 Å². The van der Waals surface area contributed by atoms with Crippen molar-refractivity contribution >= 4 is 17.6 Å². The number of hydrogen-bond donors (Lipinski definition) is 1. The molecule has 0 saturated carbocycles. The Labute approximate surface area is 124 Å². The Kier molecular flexibility index (Phi) is 3.75. The van der Waals surface area contributed by atoms with Crippen LogP contribution in [0.15, 0.2) is 65.8 Å². The van der Waals surface area contributed by atoms with Crippen LogP contribution in [0.1, 0.15) is 11.7 Å². The van der Waals surface area contributed by atoms with Crippen LogP contribution in [0.25, 0.3) is 22.0 Å². The monoisotopic (exact) mass is 275 g/mol. The molecule has 0 aliphatic heterocycles. The molecular weight excluding hydrogens is 258 g/mol. The van der Waals surface area contributed by atoms with Crippen LogP contribution in [0.2, 0.25) is 0 Å². The summed E-state index contributed by atoms with van der Waals surface area (Å²) in [7, 11) is 1.88. The van der Waals surface area contributed by atoms with E-state index in [2.05, 4.69) is 70.5 Å². The molecule has 1 N–H and O–H groups in total. The molecule has 3 heteroatoms. The van der Waals surface area contributed by atoms with Crippen LogP contribution >= 0.6 is 0 Å². The number of aliphatic imine (C=N–C) groups is 1. The first kappa shape index (κ1) is 13.5. The fourth-order valence-corrected chi connectivity index (χ4v) is 2.55. The lowest BCUT2D eigenvalue weighted by Gasteiger charge is -2.12. The molecule has 0 saturated heterocycles. The van der Waals surface area contributed by atoms with E-state index in [0.717, 1.165) is 27.6 Å². The third-order valence-electron chi connectivity index (χ3n) is 3.63. The number of nitrogens with one attached hydrogen (secondary N) is 1. The summed E-state index contributed by atoms with van der Waals surface area (Å²) < 4.78 is 0. The molecule has 104 valence electrons. The van der Waals surface area contributed by atoms with Gasteiger partial charge in [-0.1, -0.05) is 48.5 Å². The van der Waals surface area contributed by atoms with Gasteiger partial charge in [0.05, 0.1) is 5.52 Å². The van der Waals surface area contributed by atoms with Crippen molar-refractivity contribution in [2.24, 2.45) is 4.99 Å². The van der Waals surface area contributed by atoms with E-state index in [9.17, 15) is 0 Å². The molecule has 21 heavy (non-hydrogen) atoms. The quantitative estimate of drug-likeness (QED) is 0.735. The van der Waals surface area contributed by atoms with Crippen molar-refractivity contribution in [1.82, 2.24) is 10.3 Å². The molecule has 0 spiro atoms. The van der Waals surface area contributed by atoms with Gasteiger partial charge in [-0.2, -0.15) is 0 Å². The predicted octanol–water partition coefficient (Wildman–Crippen LogP) is 3.82. The summed E-state index contributed by atoms with van der Waals surface area (Å²) in [6.07, 6.45) is 1.77. The van der Waals surface area contributed by atoms with Crippen molar-refractivity contribution < 1.29 is 0 Å². The van der Waals surface area contributed by atoms with Gasteiger partial charge in [0.1, 0.15) is 6.17 Å². The Morgan fingerprint density at radius 1 is 1.05 bits per heavy atom. The maximum Gasteiger partial charge on any atom is 0.124 e. The number of fused-ring (bicyclic) bond motifs is 1. The zero-order chi connectivity index (χ0) is 14.7. The summed E-state index contributed by atoms with van der Waals surface area (Å²) in [6.45, 7) is 3.61. The van der Waals surface area contributed by atoms with Gasteiger partial charge in [-0.3, -0.25) is 15.3 Å². The number of para-hydroxylation sites is 1. The molecule has 1 heterocycles. The summed E-state index contributed by atoms with van der Waals surface area (Å²) in [5.41, 5.74) is 4.43. The Hall–Kier alpha value is -2.52. The van der Waals surface area contributed by atoms with Crippen LogP contribution in [-0.4, -0.2) is 18.7 Å². The van der Waals surface area contributed by atoms with Crippen LogP contribution in [0.4, 0.5) is 0 Å². The lowest BCUT2D eigenvalue weighted by molar-refractivity contribution is 0.629. The molecular formula is C18H17N3. The number of nitrogens with zero attached hydrogens (tertiary/aromatic N) is 2. The molecule has 3 aromatic rings. The van der Waals surface area contributed by atoms with Crippen LogP contribution < -0.4 is 5.32 Å². The van der Waals surface area contributed by atoms with Gasteiger partial charge in [0.25, 0.3) is 0 Å². The average molecular weight is 275 g/mol. The van der Waals surface area contributed by atoms with Gasteiger partial charge >= 0.3 is 0 Å². The Bertz CT molecular complexity index is 758. The van der Waals surface area contributed by atoms with Crippen LogP contribution in [0.3, 0.4) is 0 Å². The number of rotatable bonds is 4. The minimum Gasteiger partial charge on any atom is -0.295 e.